The summed E-state index contributed by atoms with van der Waals surface area (Å²) in [7, 11) is 4.44. The molecule has 29 heavy (non-hydrogen) atoms. The van der Waals surface area contributed by atoms with Gasteiger partial charge in [-0.1, -0.05) is 79.9 Å². The van der Waals surface area contributed by atoms with Gasteiger partial charge >= 0.3 is 6.09 Å². The van der Waals surface area contributed by atoms with Crippen LogP contribution in [0.1, 0.15) is 49.7 Å². The van der Waals surface area contributed by atoms with Crippen LogP contribution in [-0.4, -0.2) is 36.7 Å². The maximum absolute atomic E-state index is 10.1. The first kappa shape index (κ1) is 25.0. The Morgan fingerprint density at radius 2 is 1.52 bits per heavy atom. The molecule has 4 nitrogen and oxygen atoms in total. The zero-order valence-electron chi connectivity index (χ0n) is 17.6. The van der Waals surface area contributed by atoms with Gasteiger partial charge in [0, 0.05) is 12.1 Å². The van der Waals surface area contributed by atoms with Crippen molar-refractivity contribution in [1.29, 1.82) is 0 Å². The smallest absolute Gasteiger partial charge is 0.404 e. The zero-order chi connectivity index (χ0) is 20.2. The van der Waals surface area contributed by atoms with Crippen LogP contribution in [-0.2, 0) is 12.0 Å². The van der Waals surface area contributed by atoms with E-state index in [2.05, 4.69) is 54.6 Å². The Morgan fingerprint density at radius 1 is 0.966 bits per heavy atom. The summed E-state index contributed by atoms with van der Waals surface area (Å²) in [6.45, 7) is 0.518. The fourth-order valence-electron chi connectivity index (χ4n) is 4.01. The average Bonchev–Trinajstić information content (AvgIpc) is 2.73. The number of hydrogen-bond donors (Lipinski definition) is 2. The number of nitrogens with zero attached hydrogens (tertiary/aromatic N) is 1. The Bertz CT molecular complexity index is 687. The maximum Gasteiger partial charge on any atom is 0.404 e. The molecule has 5 heteroatoms. The summed E-state index contributed by atoms with van der Waals surface area (Å²) in [6.07, 6.45) is 7.57. The molecule has 3 rings (SSSR count). The van der Waals surface area contributed by atoms with Crippen LogP contribution in [0, 0.1) is 0 Å². The number of amides is 1. The van der Waals surface area contributed by atoms with Crippen molar-refractivity contribution in [2.45, 2.75) is 50.5 Å². The van der Waals surface area contributed by atoms with Crippen LogP contribution in [0.15, 0.2) is 60.7 Å². The van der Waals surface area contributed by atoms with Gasteiger partial charge in [-0.05, 0) is 50.9 Å². The second kappa shape index (κ2) is 13.2. The molecule has 0 unspecified atom stereocenters. The van der Waals surface area contributed by atoms with Gasteiger partial charge in [0.1, 0.15) is 0 Å². The van der Waals surface area contributed by atoms with Gasteiger partial charge < -0.3 is 10.4 Å². The van der Waals surface area contributed by atoms with E-state index in [4.69, 9.17) is 5.11 Å². The normalized spacial score (nSPS) is 14.9. The molecule has 2 N–H and O–H groups in total. The quantitative estimate of drug-likeness (QED) is 0.590. The molecule has 1 amide bonds. The summed E-state index contributed by atoms with van der Waals surface area (Å²) in [5.41, 5.74) is 3.05. The molecule has 1 aliphatic carbocycles. The lowest BCUT2D eigenvalue weighted by molar-refractivity contribution is 0.0988. The number of hydrogen-bond acceptors (Lipinski definition) is 2. The molecule has 0 saturated heterocycles. The molecule has 0 bridgehead atoms. The molecule has 0 aliphatic heterocycles. The number of carboxylic acid groups (broad SMARTS) is 1. The second-order valence-electron chi connectivity index (χ2n) is 7.67. The van der Waals surface area contributed by atoms with Gasteiger partial charge in [0.2, 0.25) is 0 Å². The summed E-state index contributed by atoms with van der Waals surface area (Å²) in [5, 5.41) is 10.6. The van der Waals surface area contributed by atoms with Crippen LogP contribution in [0.4, 0.5) is 4.79 Å². The van der Waals surface area contributed by atoms with Crippen LogP contribution in [0.25, 0.3) is 0 Å². The van der Waals surface area contributed by atoms with E-state index in [1.54, 1.807) is 0 Å². The molecule has 1 saturated carbocycles. The molecule has 0 heterocycles. The minimum Gasteiger partial charge on any atom is -0.465 e. The fourth-order valence-corrected chi connectivity index (χ4v) is 4.01. The summed E-state index contributed by atoms with van der Waals surface area (Å²) in [6, 6.07) is 21.0. The highest BCUT2D eigenvalue weighted by atomic mass is 35.5. The van der Waals surface area contributed by atoms with Crippen molar-refractivity contribution < 1.29 is 9.90 Å². The largest absolute Gasteiger partial charge is 0.465 e. The lowest BCUT2D eigenvalue weighted by Gasteiger charge is -2.43. The summed E-state index contributed by atoms with van der Waals surface area (Å²) in [4.78, 5) is 12.5. The minimum absolute atomic E-state index is 0. The fraction of sp³-hybridized carbons (Fsp3) is 0.458. The predicted molar refractivity (Wildman–Crippen MR) is 123 cm³/mol. The Kier molecular flexibility index (Phi) is 11.4. The first-order valence-corrected chi connectivity index (χ1v) is 10.3. The van der Waals surface area contributed by atoms with E-state index in [1.807, 2.05) is 30.3 Å². The third-order valence-electron chi connectivity index (χ3n) is 5.61. The van der Waals surface area contributed by atoms with Gasteiger partial charge in [-0.15, -0.1) is 12.4 Å². The van der Waals surface area contributed by atoms with Gasteiger partial charge in [-0.2, -0.15) is 0 Å². The van der Waals surface area contributed by atoms with E-state index < -0.39 is 6.09 Å². The predicted octanol–water partition coefficient (Wildman–Crippen LogP) is 5.72. The van der Waals surface area contributed by atoms with Crippen LogP contribution in [0.5, 0.6) is 0 Å². The lowest BCUT2D eigenvalue weighted by atomic mass is 9.76. The molecule has 0 atom stereocenters. The van der Waals surface area contributed by atoms with E-state index in [1.165, 1.54) is 43.2 Å². The number of nitrogens with one attached hydrogen (secondary N) is 1. The van der Waals surface area contributed by atoms with Crippen molar-refractivity contribution in [2.24, 2.45) is 0 Å². The van der Waals surface area contributed by atoms with Gasteiger partial charge in [0.15, 0.2) is 0 Å². The number of carbonyl (C=O) groups is 1. The SMILES string of the molecule is CN(C)C1(c2ccccc2)CCCCC1.Cl.O=C(O)NCCCc1ccccc1. The molecule has 2 aromatic carbocycles. The Morgan fingerprint density at radius 3 is 2.03 bits per heavy atom. The van der Waals surface area contributed by atoms with Crippen LogP contribution >= 0.6 is 12.4 Å². The minimum atomic E-state index is -0.951. The third-order valence-corrected chi connectivity index (χ3v) is 5.61. The van der Waals surface area contributed by atoms with Crippen LogP contribution in [0.2, 0.25) is 0 Å². The second-order valence-corrected chi connectivity index (χ2v) is 7.67. The summed E-state index contributed by atoms with van der Waals surface area (Å²) in [5.74, 6) is 0. The van der Waals surface area contributed by atoms with Crippen molar-refractivity contribution in [3.8, 4) is 0 Å². The third kappa shape index (κ3) is 8.08. The molecule has 1 fully saturated rings. The molecule has 0 spiro atoms. The standard InChI is InChI=1S/C14H21N.C10H13NO2.ClH/c1-15(2)14(11-7-4-8-12-14)13-9-5-3-6-10-13;12-10(13)11-8-4-7-9-5-2-1-3-6-9;/h3,5-6,9-10H,4,7-8,11-12H2,1-2H3;1-3,5-6,11H,4,7-8H2,(H,12,13);1H. The molecule has 0 aromatic heterocycles. The number of halogens is 1. The summed E-state index contributed by atoms with van der Waals surface area (Å²) >= 11 is 0. The van der Waals surface area contributed by atoms with E-state index in [0.29, 0.717) is 12.1 Å². The highest BCUT2D eigenvalue weighted by Crippen LogP contribution is 2.40. The highest BCUT2D eigenvalue weighted by Gasteiger charge is 2.35. The molecular weight excluding hydrogens is 384 g/mol. The Balaban J connectivity index is 0.000000284. The van der Waals surface area contributed by atoms with Crippen molar-refractivity contribution in [2.75, 3.05) is 20.6 Å². The zero-order valence-corrected chi connectivity index (χ0v) is 18.5. The van der Waals surface area contributed by atoms with Gasteiger partial charge in [-0.3, -0.25) is 4.90 Å². The van der Waals surface area contributed by atoms with E-state index >= 15 is 0 Å². The van der Waals surface area contributed by atoms with E-state index in [0.717, 1.165) is 12.8 Å². The van der Waals surface area contributed by atoms with Crippen molar-refractivity contribution >= 4 is 18.5 Å². The van der Waals surface area contributed by atoms with Crippen molar-refractivity contribution in [3.05, 3.63) is 71.8 Å². The average molecular weight is 419 g/mol. The monoisotopic (exact) mass is 418 g/mol. The van der Waals surface area contributed by atoms with E-state index in [9.17, 15) is 4.79 Å². The molecule has 1 aliphatic rings. The molecular formula is C24H35ClN2O2. The first-order valence-electron chi connectivity index (χ1n) is 10.3. The Hall–Kier alpha value is -2.04. The molecule has 0 radical (unpaired) electrons. The molecule has 160 valence electrons. The summed E-state index contributed by atoms with van der Waals surface area (Å²) < 4.78 is 0. The molecule has 2 aromatic rings. The van der Waals surface area contributed by atoms with Crippen molar-refractivity contribution in [3.63, 3.8) is 0 Å². The first-order chi connectivity index (χ1) is 13.5. The lowest BCUT2D eigenvalue weighted by Crippen LogP contribution is -2.42. The number of benzene rings is 2. The van der Waals surface area contributed by atoms with Gasteiger partial charge in [-0.25, -0.2) is 4.79 Å². The van der Waals surface area contributed by atoms with Crippen molar-refractivity contribution in [1.82, 2.24) is 10.2 Å². The van der Waals surface area contributed by atoms with Crippen LogP contribution in [0.3, 0.4) is 0 Å². The van der Waals surface area contributed by atoms with Gasteiger partial charge in [0.05, 0.1) is 0 Å². The van der Waals surface area contributed by atoms with Gasteiger partial charge in [0.25, 0.3) is 0 Å². The topological polar surface area (TPSA) is 52.6 Å². The maximum atomic E-state index is 10.1. The Labute approximate surface area is 181 Å². The van der Waals surface area contributed by atoms with Crippen LogP contribution < -0.4 is 5.32 Å². The highest BCUT2D eigenvalue weighted by molar-refractivity contribution is 5.85. The number of rotatable bonds is 6. The number of aryl methyl sites for hydroxylation is 1. The van der Waals surface area contributed by atoms with E-state index in [-0.39, 0.29) is 12.4 Å².